The highest BCUT2D eigenvalue weighted by Crippen LogP contribution is 2.27. The first-order valence-electron chi connectivity index (χ1n) is 5.79. The molecule has 0 unspecified atom stereocenters. The summed E-state index contributed by atoms with van der Waals surface area (Å²) in [6.07, 6.45) is 6.39. The van der Waals surface area contributed by atoms with Crippen molar-refractivity contribution < 1.29 is 0 Å². The van der Waals surface area contributed by atoms with Crippen LogP contribution in [0.5, 0.6) is 0 Å². The number of fused-ring (bicyclic) bond motifs is 1. The highest BCUT2D eigenvalue weighted by Gasteiger charge is 2.19. The lowest BCUT2D eigenvalue weighted by Crippen LogP contribution is -2.08. The van der Waals surface area contributed by atoms with Gasteiger partial charge in [0.25, 0.3) is 0 Å². The van der Waals surface area contributed by atoms with Gasteiger partial charge in [0.2, 0.25) is 0 Å². The Hall–Kier alpha value is -1.39. The molecule has 2 rings (SSSR count). The van der Waals surface area contributed by atoms with E-state index >= 15 is 0 Å². The van der Waals surface area contributed by atoms with Crippen molar-refractivity contribution in [2.24, 2.45) is 0 Å². The summed E-state index contributed by atoms with van der Waals surface area (Å²) in [5, 5.41) is 18.3. The number of hydrogen-bond donors (Lipinski definition) is 0. The van der Waals surface area contributed by atoms with Crippen LogP contribution in [-0.2, 0) is 12.8 Å². The van der Waals surface area contributed by atoms with Gasteiger partial charge < -0.3 is 0 Å². The molecule has 1 aliphatic carbocycles. The monoisotopic (exact) mass is 289 g/mol. The maximum Gasteiger partial charge on any atom is 0.125 e. The van der Waals surface area contributed by atoms with E-state index in [1.54, 1.807) is 0 Å². The Balaban J connectivity index is 2.62. The van der Waals surface area contributed by atoms with Gasteiger partial charge in [0, 0.05) is 5.69 Å². The molecule has 0 N–H and O–H groups in total. The fraction of sp³-hybridized carbons (Fsp3) is 0.462. The van der Waals surface area contributed by atoms with E-state index in [-0.39, 0.29) is 0 Å². The van der Waals surface area contributed by atoms with E-state index in [2.05, 4.69) is 33.1 Å². The zero-order chi connectivity index (χ0) is 12.3. The van der Waals surface area contributed by atoms with Crippen molar-refractivity contribution in [3.8, 4) is 12.1 Å². The van der Waals surface area contributed by atoms with E-state index in [1.807, 2.05) is 0 Å². The van der Waals surface area contributed by atoms with Crippen molar-refractivity contribution in [2.75, 3.05) is 0 Å². The molecular weight excluding hydrogens is 278 g/mol. The predicted molar refractivity (Wildman–Crippen MR) is 67.2 cm³/mol. The standard InChI is InChI=1S/C13H12BrN3/c14-13-11(8-16)10(7-15)9-5-3-1-2-4-6-12(9)17-13/h1-6H2. The van der Waals surface area contributed by atoms with E-state index in [1.165, 1.54) is 12.8 Å². The quantitative estimate of drug-likeness (QED) is 0.689. The third-order valence-electron chi connectivity index (χ3n) is 3.15. The highest BCUT2D eigenvalue weighted by atomic mass is 79.9. The van der Waals surface area contributed by atoms with Crippen LogP contribution in [0.3, 0.4) is 0 Å². The molecule has 1 aromatic heterocycles. The molecule has 0 amide bonds. The normalized spacial score (nSPS) is 15.0. The highest BCUT2D eigenvalue weighted by molar-refractivity contribution is 9.10. The largest absolute Gasteiger partial charge is 0.244 e. The van der Waals surface area contributed by atoms with Crippen molar-refractivity contribution in [1.29, 1.82) is 10.5 Å². The molecule has 1 aliphatic rings. The first-order chi connectivity index (χ1) is 8.27. The molecule has 3 nitrogen and oxygen atoms in total. The number of rotatable bonds is 0. The maximum atomic E-state index is 9.24. The Labute approximate surface area is 109 Å². The fourth-order valence-electron chi connectivity index (χ4n) is 2.29. The van der Waals surface area contributed by atoms with Crippen molar-refractivity contribution in [3.05, 3.63) is 27.0 Å². The van der Waals surface area contributed by atoms with Crippen LogP contribution in [0, 0.1) is 22.7 Å². The first-order valence-corrected chi connectivity index (χ1v) is 6.58. The number of halogens is 1. The van der Waals surface area contributed by atoms with E-state index in [9.17, 15) is 5.26 Å². The van der Waals surface area contributed by atoms with Crippen molar-refractivity contribution in [1.82, 2.24) is 4.98 Å². The van der Waals surface area contributed by atoms with Crippen molar-refractivity contribution in [3.63, 3.8) is 0 Å². The molecule has 4 heteroatoms. The van der Waals surface area contributed by atoms with Crippen LogP contribution in [0.15, 0.2) is 4.60 Å². The Morgan fingerprint density at radius 1 is 0.941 bits per heavy atom. The molecule has 0 spiro atoms. The van der Waals surface area contributed by atoms with Gasteiger partial charge in [-0.25, -0.2) is 4.98 Å². The van der Waals surface area contributed by atoms with Gasteiger partial charge in [0.05, 0.1) is 5.56 Å². The van der Waals surface area contributed by atoms with Crippen LogP contribution < -0.4 is 0 Å². The van der Waals surface area contributed by atoms with Crippen LogP contribution in [-0.4, -0.2) is 4.98 Å². The Morgan fingerprint density at radius 2 is 1.59 bits per heavy atom. The summed E-state index contributed by atoms with van der Waals surface area (Å²) in [5.41, 5.74) is 2.89. The smallest absolute Gasteiger partial charge is 0.125 e. The molecule has 0 aromatic carbocycles. The van der Waals surface area contributed by atoms with Crippen molar-refractivity contribution in [2.45, 2.75) is 38.5 Å². The molecule has 0 atom stereocenters. The summed E-state index contributed by atoms with van der Waals surface area (Å²) >= 11 is 3.29. The summed E-state index contributed by atoms with van der Waals surface area (Å²) in [5.74, 6) is 0. The van der Waals surface area contributed by atoms with Crippen LogP contribution in [0.25, 0.3) is 0 Å². The molecule has 0 bridgehead atoms. The Morgan fingerprint density at radius 3 is 2.24 bits per heavy atom. The van der Waals surface area contributed by atoms with Gasteiger partial charge in [-0.1, -0.05) is 12.8 Å². The minimum absolute atomic E-state index is 0.381. The second kappa shape index (κ2) is 5.29. The van der Waals surface area contributed by atoms with Crippen LogP contribution >= 0.6 is 15.9 Å². The molecule has 1 aromatic rings. The first kappa shape index (κ1) is 12.1. The number of hydrogen-bond acceptors (Lipinski definition) is 3. The maximum absolute atomic E-state index is 9.24. The molecule has 0 saturated carbocycles. The molecule has 0 fully saturated rings. The molecule has 17 heavy (non-hydrogen) atoms. The van der Waals surface area contributed by atoms with Crippen LogP contribution in [0.2, 0.25) is 0 Å². The minimum atomic E-state index is 0.381. The summed E-state index contributed by atoms with van der Waals surface area (Å²) in [4.78, 5) is 4.44. The van der Waals surface area contributed by atoms with Crippen molar-refractivity contribution >= 4 is 15.9 Å². The molecule has 86 valence electrons. The van der Waals surface area contributed by atoms with Crippen LogP contribution in [0.1, 0.15) is 48.1 Å². The third kappa shape index (κ3) is 2.33. The second-order valence-corrected chi connectivity index (χ2v) is 4.97. The number of pyridine rings is 1. The van der Waals surface area contributed by atoms with Gasteiger partial charge >= 0.3 is 0 Å². The topological polar surface area (TPSA) is 60.5 Å². The van der Waals surface area contributed by atoms with Crippen LogP contribution in [0.4, 0.5) is 0 Å². The van der Waals surface area contributed by atoms with Gasteiger partial charge in [-0.15, -0.1) is 0 Å². The number of nitrogens with zero attached hydrogens (tertiary/aromatic N) is 3. The average molecular weight is 290 g/mol. The number of aryl methyl sites for hydroxylation is 1. The van der Waals surface area contributed by atoms with E-state index < -0.39 is 0 Å². The van der Waals surface area contributed by atoms with Gasteiger partial charge in [-0.3, -0.25) is 0 Å². The lowest BCUT2D eigenvalue weighted by atomic mass is 9.92. The minimum Gasteiger partial charge on any atom is -0.244 e. The third-order valence-corrected chi connectivity index (χ3v) is 3.73. The fourth-order valence-corrected chi connectivity index (χ4v) is 2.79. The average Bonchev–Trinajstić information content (AvgIpc) is 2.30. The molecule has 0 radical (unpaired) electrons. The number of aromatic nitrogens is 1. The SMILES string of the molecule is N#Cc1c(Br)nc2c(c1C#N)CCCCCC2. The molecule has 0 saturated heterocycles. The number of nitriles is 2. The Kier molecular flexibility index (Phi) is 3.76. The van der Waals surface area contributed by atoms with E-state index in [0.29, 0.717) is 15.7 Å². The summed E-state index contributed by atoms with van der Waals surface area (Å²) in [6, 6.07) is 4.24. The van der Waals surface area contributed by atoms with E-state index in [0.717, 1.165) is 36.9 Å². The zero-order valence-electron chi connectivity index (χ0n) is 9.46. The lowest BCUT2D eigenvalue weighted by molar-refractivity contribution is 0.607. The Bertz CT molecular complexity index is 523. The molecular formula is C13H12BrN3. The van der Waals surface area contributed by atoms with Gasteiger partial charge in [-0.05, 0) is 47.2 Å². The van der Waals surface area contributed by atoms with Gasteiger partial charge in [0.15, 0.2) is 0 Å². The molecule has 0 aliphatic heterocycles. The summed E-state index contributed by atoms with van der Waals surface area (Å²) in [6.45, 7) is 0. The lowest BCUT2D eigenvalue weighted by Gasteiger charge is -2.15. The van der Waals surface area contributed by atoms with E-state index in [4.69, 9.17) is 5.26 Å². The zero-order valence-corrected chi connectivity index (χ0v) is 11.0. The van der Waals surface area contributed by atoms with Gasteiger partial charge in [0.1, 0.15) is 22.3 Å². The summed E-state index contributed by atoms with van der Waals surface area (Å²) in [7, 11) is 0. The second-order valence-electron chi connectivity index (χ2n) is 4.22. The summed E-state index contributed by atoms with van der Waals surface area (Å²) < 4.78 is 0.510. The van der Waals surface area contributed by atoms with Gasteiger partial charge in [-0.2, -0.15) is 10.5 Å². The molecule has 1 heterocycles. The predicted octanol–water partition coefficient (Wildman–Crippen LogP) is 3.25.